The van der Waals surface area contributed by atoms with Crippen LogP contribution in [0.15, 0.2) is 36.7 Å². The lowest BCUT2D eigenvalue weighted by atomic mass is 10.0. The largest absolute Gasteiger partial charge is 0.334 e. The molecule has 1 aliphatic rings. The van der Waals surface area contributed by atoms with Crippen molar-refractivity contribution in [2.75, 3.05) is 0 Å². The summed E-state index contributed by atoms with van der Waals surface area (Å²) in [6, 6.07) is 9.36. The number of nitrogens with zero attached hydrogens (tertiary/aromatic N) is 2. The molecule has 0 amide bonds. The van der Waals surface area contributed by atoms with Gasteiger partial charge in [0.2, 0.25) is 0 Å². The molecule has 1 N–H and O–H groups in total. The Balaban J connectivity index is 1.60. The number of nitrogens with one attached hydrogen (secondary N) is 1. The van der Waals surface area contributed by atoms with Crippen molar-refractivity contribution in [2.45, 2.75) is 58.2 Å². The Morgan fingerprint density at radius 2 is 2.14 bits per heavy atom. The maximum Gasteiger partial charge on any atom is 0.105 e. The zero-order valence-electron chi connectivity index (χ0n) is 13.3. The molecule has 3 nitrogen and oxygen atoms in total. The van der Waals surface area contributed by atoms with Gasteiger partial charge >= 0.3 is 0 Å². The Morgan fingerprint density at radius 1 is 1.33 bits per heavy atom. The van der Waals surface area contributed by atoms with Crippen LogP contribution in [0.2, 0.25) is 0 Å². The van der Waals surface area contributed by atoms with Crippen LogP contribution in [0.25, 0.3) is 0 Å². The van der Waals surface area contributed by atoms with Gasteiger partial charge in [-0.05, 0) is 45.6 Å². The normalized spacial score (nSPS) is 17.7. The van der Waals surface area contributed by atoms with E-state index in [2.05, 4.69) is 66.1 Å². The van der Waals surface area contributed by atoms with Gasteiger partial charge in [-0.3, -0.25) is 0 Å². The standard InChI is InChI=1S/C18H25N3/c1-14-5-4-6-17(11-14)12-18(7-8-18)20-15(2)13-21-10-9-19-16(21)3/h4-6,9-11,15,20H,7-8,12-13H2,1-3H3. The molecule has 3 rings (SSSR count). The predicted octanol–water partition coefficient (Wildman–Crippen LogP) is 3.25. The Labute approximate surface area is 127 Å². The van der Waals surface area contributed by atoms with Crippen molar-refractivity contribution in [2.24, 2.45) is 0 Å². The summed E-state index contributed by atoms with van der Waals surface area (Å²) in [5.74, 6) is 1.09. The van der Waals surface area contributed by atoms with Gasteiger partial charge in [-0.15, -0.1) is 0 Å². The second kappa shape index (κ2) is 5.64. The van der Waals surface area contributed by atoms with Gasteiger partial charge in [-0.1, -0.05) is 29.8 Å². The zero-order chi connectivity index (χ0) is 14.9. The summed E-state index contributed by atoms with van der Waals surface area (Å²) in [7, 11) is 0. The van der Waals surface area contributed by atoms with E-state index in [1.165, 1.54) is 24.0 Å². The van der Waals surface area contributed by atoms with Gasteiger partial charge in [0.15, 0.2) is 0 Å². The monoisotopic (exact) mass is 283 g/mol. The molecule has 1 saturated carbocycles. The summed E-state index contributed by atoms with van der Waals surface area (Å²) < 4.78 is 2.22. The van der Waals surface area contributed by atoms with Crippen LogP contribution in [-0.4, -0.2) is 21.1 Å². The van der Waals surface area contributed by atoms with Gasteiger partial charge in [0.05, 0.1) is 0 Å². The minimum atomic E-state index is 0.321. The van der Waals surface area contributed by atoms with E-state index >= 15 is 0 Å². The lowest BCUT2D eigenvalue weighted by Crippen LogP contribution is -2.42. The summed E-state index contributed by atoms with van der Waals surface area (Å²) in [4.78, 5) is 4.29. The molecule has 0 aliphatic heterocycles. The number of hydrogen-bond donors (Lipinski definition) is 1. The zero-order valence-corrected chi connectivity index (χ0v) is 13.3. The van der Waals surface area contributed by atoms with E-state index in [1.807, 2.05) is 6.20 Å². The van der Waals surface area contributed by atoms with Gasteiger partial charge in [-0.2, -0.15) is 0 Å². The smallest absolute Gasteiger partial charge is 0.105 e. The fourth-order valence-corrected chi connectivity index (χ4v) is 3.20. The lowest BCUT2D eigenvalue weighted by Gasteiger charge is -2.24. The van der Waals surface area contributed by atoms with E-state index in [0.717, 1.165) is 18.8 Å². The van der Waals surface area contributed by atoms with Gasteiger partial charge in [0, 0.05) is 30.5 Å². The summed E-state index contributed by atoms with van der Waals surface area (Å²) >= 11 is 0. The van der Waals surface area contributed by atoms with Crippen LogP contribution in [0.4, 0.5) is 0 Å². The number of rotatable bonds is 6. The second-order valence-electron chi connectivity index (χ2n) is 6.62. The van der Waals surface area contributed by atoms with Crippen LogP contribution in [-0.2, 0) is 13.0 Å². The number of aryl methyl sites for hydroxylation is 2. The number of benzene rings is 1. The highest BCUT2D eigenvalue weighted by Crippen LogP contribution is 2.39. The average Bonchev–Trinajstić information content (AvgIpc) is 3.04. The Bertz CT molecular complexity index is 610. The molecule has 1 aromatic heterocycles. The molecule has 0 bridgehead atoms. The molecule has 0 spiro atoms. The third-order valence-corrected chi connectivity index (χ3v) is 4.43. The van der Waals surface area contributed by atoms with E-state index in [1.54, 1.807) is 0 Å². The van der Waals surface area contributed by atoms with E-state index in [4.69, 9.17) is 0 Å². The third kappa shape index (κ3) is 3.53. The summed E-state index contributed by atoms with van der Waals surface area (Å²) in [5.41, 5.74) is 3.12. The second-order valence-corrected chi connectivity index (χ2v) is 6.62. The summed E-state index contributed by atoms with van der Waals surface area (Å²) in [6.07, 6.45) is 7.65. The molecule has 3 heteroatoms. The van der Waals surface area contributed by atoms with Gasteiger partial charge in [0.1, 0.15) is 5.82 Å². The Kier molecular flexibility index (Phi) is 3.85. The van der Waals surface area contributed by atoms with Crippen molar-refractivity contribution < 1.29 is 0 Å². The maximum atomic E-state index is 4.29. The fraction of sp³-hybridized carbons (Fsp3) is 0.500. The topological polar surface area (TPSA) is 29.9 Å². The molecule has 1 fully saturated rings. The Hall–Kier alpha value is -1.61. The first-order valence-electron chi connectivity index (χ1n) is 7.87. The molecule has 0 saturated heterocycles. The van der Waals surface area contributed by atoms with E-state index < -0.39 is 0 Å². The van der Waals surface area contributed by atoms with E-state index in [0.29, 0.717) is 11.6 Å². The molecule has 1 aromatic carbocycles. The molecule has 112 valence electrons. The van der Waals surface area contributed by atoms with Crippen molar-refractivity contribution in [3.63, 3.8) is 0 Å². The fourth-order valence-electron chi connectivity index (χ4n) is 3.20. The third-order valence-electron chi connectivity index (χ3n) is 4.43. The Morgan fingerprint density at radius 3 is 2.76 bits per heavy atom. The summed E-state index contributed by atoms with van der Waals surface area (Å²) in [5, 5.41) is 3.85. The predicted molar refractivity (Wildman–Crippen MR) is 86.4 cm³/mol. The molecule has 0 radical (unpaired) electrons. The number of imidazole rings is 1. The van der Waals surface area contributed by atoms with Crippen molar-refractivity contribution in [1.82, 2.24) is 14.9 Å². The SMILES string of the molecule is Cc1cccc(CC2(NC(C)Cn3ccnc3C)CC2)c1. The number of hydrogen-bond acceptors (Lipinski definition) is 2. The molecule has 1 unspecified atom stereocenters. The van der Waals surface area contributed by atoms with E-state index in [-0.39, 0.29) is 0 Å². The quantitative estimate of drug-likeness (QED) is 0.882. The van der Waals surface area contributed by atoms with E-state index in [9.17, 15) is 0 Å². The average molecular weight is 283 g/mol. The minimum Gasteiger partial charge on any atom is -0.334 e. The lowest BCUT2D eigenvalue weighted by molar-refractivity contribution is 0.388. The molecular formula is C18H25N3. The van der Waals surface area contributed by atoms with Crippen LogP contribution in [0.3, 0.4) is 0 Å². The highest BCUT2D eigenvalue weighted by atomic mass is 15.1. The highest BCUT2D eigenvalue weighted by Gasteiger charge is 2.43. The van der Waals surface area contributed by atoms with Gasteiger partial charge in [0.25, 0.3) is 0 Å². The van der Waals surface area contributed by atoms with Crippen molar-refractivity contribution in [1.29, 1.82) is 0 Å². The minimum absolute atomic E-state index is 0.321. The maximum absolute atomic E-state index is 4.29. The van der Waals surface area contributed by atoms with Crippen LogP contribution >= 0.6 is 0 Å². The summed E-state index contributed by atoms with van der Waals surface area (Å²) in [6.45, 7) is 7.49. The number of aromatic nitrogens is 2. The highest BCUT2D eigenvalue weighted by molar-refractivity contribution is 5.26. The van der Waals surface area contributed by atoms with Crippen molar-refractivity contribution in [3.8, 4) is 0 Å². The molecular weight excluding hydrogens is 258 g/mol. The molecule has 2 aromatic rings. The first kappa shape index (κ1) is 14.3. The van der Waals surface area contributed by atoms with Crippen molar-refractivity contribution >= 4 is 0 Å². The van der Waals surface area contributed by atoms with Crippen LogP contribution < -0.4 is 5.32 Å². The van der Waals surface area contributed by atoms with Crippen LogP contribution in [0.5, 0.6) is 0 Å². The molecule has 1 atom stereocenters. The van der Waals surface area contributed by atoms with Gasteiger partial charge < -0.3 is 9.88 Å². The van der Waals surface area contributed by atoms with Gasteiger partial charge in [-0.25, -0.2) is 4.98 Å². The van der Waals surface area contributed by atoms with Crippen LogP contribution in [0.1, 0.15) is 36.7 Å². The first-order valence-corrected chi connectivity index (χ1v) is 7.87. The molecule has 1 aliphatic carbocycles. The molecule has 21 heavy (non-hydrogen) atoms. The molecule has 1 heterocycles. The first-order chi connectivity index (χ1) is 10.1. The van der Waals surface area contributed by atoms with Crippen LogP contribution in [0, 0.1) is 13.8 Å². The van der Waals surface area contributed by atoms with Crippen molar-refractivity contribution in [3.05, 3.63) is 53.6 Å².